The van der Waals surface area contributed by atoms with Gasteiger partial charge in [-0.1, -0.05) is 24.9 Å². The number of benzene rings is 1. The van der Waals surface area contributed by atoms with Gasteiger partial charge in [0.15, 0.2) is 0 Å². The molecule has 0 aliphatic heterocycles. The highest BCUT2D eigenvalue weighted by Gasteiger charge is 2.39. The lowest BCUT2D eigenvalue weighted by Gasteiger charge is -2.08. The van der Waals surface area contributed by atoms with E-state index in [0.29, 0.717) is 5.92 Å². The van der Waals surface area contributed by atoms with Gasteiger partial charge in [-0.15, -0.1) is 0 Å². The van der Waals surface area contributed by atoms with Crippen LogP contribution in [0.2, 0.25) is 5.02 Å². The number of nitrogens with zero attached hydrogens (tertiary/aromatic N) is 1. The maximum Gasteiger partial charge on any atom is 0.270 e. The average molecular weight is 319 g/mol. The number of hydrogen-bond acceptors (Lipinski definition) is 4. The van der Waals surface area contributed by atoms with Gasteiger partial charge in [-0.3, -0.25) is 10.1 Å². The van der Waals surface area contributed by atoms with Crippen LogP contribution in [0.5, 0.6) is 0 Å². The highest BCUT2D eigenvalue weighted by molar-refractivity contribution is 7.89. The van der Waals surface area contributed by atoms with Gasteiger partial charge in [-0.2, -0.15) is 0 Å². The molecule has 0 saturated heterocycles. The third-order valence-electron chi connectivity index (χ3n) is 3.30. The van der Waals surface area contributed by atoms with Gasteiger partial charge < -0.3 is 0 Å². The Hall–Kier alpha value is -1.18. The van der Waals surface area contributed by atoms with Crippen LogP contribution < -0.4 is 4.72 Å². The minimum atomic E-state index is -3.82. The summed E-state index contributed by atoms with van der Waals surface area (Å²) in [6.45, 7) is 2.04. The molecule has 110 valence electrons. The van der Waals surface area contributed by atoms with Crippen LogP contribution in [-0.4, -0.2) is 19.4 Å². The van der Waals surface area contributed by atoms with Crippen molar-refractivity contribution in [3.8, 4) is 0 Å². The fourth-order valence-corrected chi connectivity index (χ4v) is 3.99. The maximum atomic E-state index is 12.2. The van der Waals surface area contributed by atoms with Crippen molar-refractivity contribution in [2.45, 2.75) is 37.1 Å². The van der Waals surface area contributed by atoms with E-state index in [1.807, 2.05) is 6.92 Å². The van der Waals surface area contributed by atoms with Gasteiger partial charge in [0.1, 0.15) is 4.90 Å². The van der Waals surface area contributed by atoms with Crippen molar-refractivity contribution in [1.29, 1.82) is 0 Å². The maximum absolute atomic E-state index is 12.2. The summed E-state index contributed by atoms with van der Waals surface area (Å²) in [6.07, 6.45) is 2.77. The number of nitrogens with one attached hydrogen (secondary N) is 1. The Morgan fingerprint density at radius 3 is 2.80 bits per heavy atom. The minimum absolute atomic E-state index is 0.0178. The predicted molar refractivity (Wildman–Crippen MR) is 75.2 cm³/mol. The second-order valence-electron chi connectivity index (χ2n) is 4.88. The van der Waals surface area contributed by atoms with E-state index >= 15 is 0 Å². The molecule has 1 aliphatic carbocycles. The summed E-state index contributed by atoms with van der Waals surface area (Å²) in [5.74, 6) is 0.354. The van der Waals surface area contributed by atoms with Crippen LogP contribution >= 0.6 is 11.6 Å². The predicted octanol–water partition coefficient (Wildman–Crippen LogP) is 2.72. The Morgan fingerprint density at radius 1 is 1.50 bits per heavy atom. The van der Waals surface area contributed by atoms with E-state index in [2.05, 4.69) is 4.72 Å². The minimum Gasteiger partial charge on any atom is -0.258 e. The molecule has 0 aromatic heterocycles. The normalized spacial score (nSPS) is 21.7. The average Bonchev–Trinajstić information content (AvgIpc) is 3.06. The Morgan fingerprint density at radius 2 is 2.20 bits per heavy atom. The molecule has 1 saturated carbocycles. The lowest BCUT2D eigenvalue weighted by molar-refractivity contribution is -0.385. The van der Waals surface area contributed by atoms with Gasteiger partial charge in [0.2, 0.25) is 10.0 Å². The largest absolute Gasteiger partial charge is 0.270 e. The molecule has 0 amide bonds. The molecule has 0 bridgehead atoms. The summed E-state index contributed by atoms with van der Waals surface area (Å²) in [4.78, 5) is 9.82. The van der Waals surface area contributed by atoms with Crippen molar-refractivity contribution in [3.05, 3.63) is 33.3 Å². The van der Waals surface area contributed by atoms with Crippen molar-refractivity contribution in [2.24, 2.45) is 5.92 Å². The molecule has 1 fully saturated rings. The first-order valence-corrected chi connectivity index (χ1v) is 8.17. The zero-order valence-electron chi connectivity index (χ0n) is 10.9. The Balaban J connectivity index is 2.21. The van der Waals surface area contributed by atoms with E-state index in [1.165, 1.54) is 12.1 Å². The second kappa shape index (κ2) is 5.67. The first-order chi connectivity index (χ1) is 9.35. The van der Waals surface area contributed by atoms with Crippen LogP contribution in [-0.2, 0) is 10.0 Å². The summed E-state index contributed by atoms with van der Waals surface area (Å²) in [7, 11) is -3.82. The van der Waals surface area contributed by atoms with Crippen molar-refractivity contribution >= 4 is 27.3 Å². The van der Waals surface area contributed by atoms with E-state index in [1.54, 1.807) is 0 Å². The molecular weight excluding hydrogens is 304 g/mol. The quantitative estimate of drug-likeness (QED) is 0.645. The summed E-state index contributed by atoms with van der Waals surface area (Å²) in [5, 5.41) is 10.7. The molecule has 2 rings (SSSR count). The van der Waals surface area contributed by atoms with E-state index in [0.717, 1.165) is 25.3 Å². The van der Waals surface area contributed by atoms with Crippen LogP contribution in [0.4, 0.5) is 5.69 Å². The van der Waals surface area contributed by atoms with E-state index in [-0.39, 0.29) is 21.6 Å². The SMILES string of the molecule is CCCC1CC1NS(=O)(=O)c1cc([N+](=O)[O-])ccc1Cl. The molecule has 1 aromatic carbocycles. The molecule has 1 N–H and O–H groups in total. The Kier molecular flexibility index (Phi) is 4.31. The lowest BCUT2D eigenvalue weighted by atomic mass is 10.2. The van der Waals surface area contributed by atoms with Gasteiger partial charge in [0.25, 0.3) is 5.69 Å². The standard InChI is InChI=1S/C12H15ClN2O4S/c1-2-3-8-6-11(8)14-20(18,19)12-7-9(15(16)17)4-5-10(12)13/h4-5,7-8,11,14H,2-3,6H2,1H3. The number of hydrogen-bond donors (Lipinski definition) is 1. The van der Waals surface area contributed by atoms with Gasteiger partial charge in [-0.25, -0.2) is 13.1 Å². The van der Waals surface area contributed by atoms with E-state index < -0.39 is 14.9 Å². The van der Waals surface area contributed by atoms with Gasteiger partial charge >= 0.3 is 0 Å². The summed E-state index contributed by atoms with van der Waals surface area (Å²) >= 11 is 5.85. The lowest BCUT2D eigenvalue weighted by Crippen LogP contribution is -2.27. The molecule has 6 nitrogen and oxygen atoms in total. The highest BCUT2D eigenvalue weighted by atomic mass is 35.5. The summed E-state index contributed by atoms with van der Waals surface area (Å²) in [5.41, 5.74) is -0.296. The molecular formula is C12H15ClN2O4S. The zero-order valence-corrected chi connectivity index (χ0v) is 12.4. The summed E-state index contributed by atoms with van der Waals surface area (Å²) in [6, 6.07) is 3.31. The molecule has 2 atom stereocenters. The van der Waals surface area contributed by atoms with Crippen molar-refractivity contribution in [2.75, 3.05) is 0 Å². The molecule has 0 radical (unpaired) electrons. The smallest absolute Gasteiger partial charge is 0.258 e. The molecule has 2 unspecified atom stereocenters. The fraction of sp³-hybridized carbons (Fsp3) is 0.500. The van der Waals surface area contributed by atoms with Gasteiger partial charge in [0, 0.05) is 18.2 Å². The van der Waals surface area contributed by atoms with Crippen molar-refractivity contribution in [1.82, 2.24) is 4.72 Å². The topological polar surface area (TPSA) is 89.3 Å². The number of rotatable bonds is 6. The van der Waals surface area contributed by atoms with Gasteiger partial charge in [-0.05, 0) is 24.8 Å². The van der Waals surface area contributed by atoms with Crippen LogP contribution in [0, 0.1) is 16.0 Å². The van der Waals surface area contributed by atoms with Crippen LogP contribution in [0.3, 0.4) is 0 Å². The summed E-state index contributed by atoms with van der Waals surface area (Å²) < 4.78 is 27.0. The number of nitro benzene ring substituents is 1. The number of halogens is 1. The molecule has 20 heavy (non-hydrogen) atoms. The fourth-order valence-electron chi connectivity index (χ4n) is 2.16. The first kappa shape index (κ1) is 15.2. The number of sulfonamides is 1. The number of non-ortho nitro benzene ring substituents is 1. The van der Waals surface area contributed by atoms with Crippen LogP contribution in [0.25, 0.3) is 0 Å². The number of nitro groups is 1. The van der Waals surface area contributed by atoms with Crippen LogP contribution in [0.1, 0.15) is 26.2 Å². The molecule has 0 spiro atoms. The molecule has 1 aliphatic rings. The molecule has 1 aromatic rings. The van der Waals surface area contributed by atoms with E-state index in [4.69, 9.17) is 11.6 Å². The first-order valence-electron chi connectivity index (χ1n) is 6.31. The molecule has 0 heterocycles. The van der Waals surface area contributed by atoms with Gasteiger partial charge in [0.05, 0.1) is 9.95 Å². The van der Waals surface area contributed by atoms with E-state index in [9.17, 15) is 18.5 Å². The van der Waals surface area contributed by atoms with Crippen molar-refractivity contribution in [3.63, 3.8) is 0 Å². The monoisotopic (exact) mass is 318 g/mol. The third kappa shape index (κ3) is 3.28. The third-order valence-corrected chi connectivity index (χ3v) is 5.28. The zero-order chi connectivity index (χ0) is 14.9. The van der Waals surface area contributed by atoms with Crippen molar-refractivity contribution < 1.29 is 13.3 Å². The molecule has 8 heteroatoms. The van der Waals surface area contributed by atoms with Crippen LogP contribution in [0.15, 0.2) is 23.1 Å². The Bertz CT molecular complexity index is 632. The Labute approximate surface area is 122 Å². The second-order valence-corrected chi connectivity index (χ2v) is 6.97. The highest BCUT2D eigenvalue weighted by Crippen LogP contribution is 2.36.